The Bertz CT molecular complexity index is 482. The lowest BCUT2D eigenvalue weighted by atomic mass is 9.81. The van der Waals surface area contributed by atoms with Gasteiger partial charge < -0.3 is 10.1 Å². The van der Waals surface area contributed by atoms with Crippen LogP contribution in [0.3, 0.4) is 0 Å². The van der Waals surface area contributed by atoms with E-state index >= 15 is 0 Å². The van der Waals surface area contributed by atoms with E-state index in [2.05, 4.69) is 61.1 Å². The lowest BCUT2D eigenvalue weighted by Gasteiger charge is -2.30. The summed E-state index contributed by atoms with van der Waals surface area (Å²) in [7, 11) is 0. The minimum Gasteiger partial charge on any atom is -0.375 e. The topological polar surface area (TPSA) is 21.3 Å². The van der Waals surface area contributed by atoms with E-state index in [4.69, 9.17) is 16.3 Å². The highest BCUT2D eigenvalue weighted by Gasteiger charge is 2.41. The summed E-state index contributed by atoms with van der Waals surface area (Å²) in [5.41, 5.74) is 1.20. The average Bonchev–Trinajstić information content (AvgIpc) is 2.66. The van der Waals surface area contributed by atoms with Gasteiger partial charge in [0, 0.05) is 21.5 Å². The van der Waals surface area contributed by atoms with Crippen LogP contribution in [0.25, 0.3) is 0 Å². The van der Waals surface area contributed by atoms with Crippen LogP contribution < -0.4 is 5.32 Å². The number of benzene rings is 1. The van der Waals surface area contributed by atoms with Crippen molar-refractivity contribution in [3.05, 3.63) is 33.3 Å². The Morgan fingerprint density at radius 3 is 2.52 bits per heavy atom. The summed E-state index contributed by atoms with van der Waals surface area (Å²) < 4.78 is 7.04. The van der Waals surface area contributed by atoms with Crippen LogP contribution in [-0.4, -0.2) is 24.8 Å². The second-order valence-electron chi connectivity index (χ2n) is 6.09. The highest BCUT2D eigenvalue weighted by molar-refractivity contribution is 9.10. The maximum Gasteiger partial charge on any atom is 0.0597 e. The first-order valence-electron chi connectivity index (χ1n) is 7.76. The van der Waals surface area contributed by atoms with Crippen LogP contribution >= 0.6 is 27.5 Å². The van der Waals surface area contributed by atoms with Gasteiger partial charge in [-0.3, -0.25) is 0 Å². The van der Waals surface area contributed by atoms with Crippen LogP contribution in [-0.2, 0) is 11.2 Å². The number of hydrogen-bond donors (Lipinski definition) is 1. The summed E-state index contributed by atoms with van der Waals surface area (Å²) >= 11 is 9.86. The molecule has 5 atom stereocenters. The maximum absolute atomic E-state index is 6.39. The molecule has 0 saturated carbocycles. The Morgan fingerprint density at radius 1 is 1.29 bits per heavy atom. The Balaban J connectivity index is 2.19. The average molecular weight is 375 g/mol. The molecule has 21 heavy (non-hydrogen) atoms. The van der Waals surface area contributed by atoms with E-state index in [0.29, 0.717) is 24.0 Å². The van der Waals surface area contributed by atoms with Crippen LogP contribution in [0.2, 0.25) is 5.02 Å². The molecule has 0 amide bonds. The molecule has 1 fully saturated rings. The molecule has 1 saturated heterocycles. The van der Waals surface area contributed by atoms with Crippen LogP contribution in [0.15, 0.2) is 22.7 Å². The maximum atomic E-state index is 6.39. The van der Waals surface area contributed by atoms with E-state index < -0.39 is 0 Å². The van der Waals surface area contributed by atoms with E-state index in [-0.39, 0.29) is 6.10 Å². The number of likely N-dealkylation sites (N-methyl/N-ethyl adjacent to an activating group) is 1. The summed E-state index contributed by atoms with van der Waals surface area (Å²) in [6.07, 6.45) is 1.55. The third kappa shape index (κ3) is 4.01. The summed E-state index contributed by atoms with van der Waals surface area (Å²) in [4.78, 5) is 0. The molecule has 2 rings (SSSR count). The monoisotopic (exact) mass is 373 g/mol. The van der Waals surface area contributed by atoms with Gasteiger partial charge in [-0.15, -0.1) is 0 Å². The minimum absolute atomic E-state index is 0.285. The fourth-order valence-electron chi connectivity index (χ4n) is 3.52. The smallest absolute Gasteiger partial charge is 0.0597 e. The highest BCUT2D eigenvalue weighted by atomic mass is 79.9. The molecule has 1 N–H and O–H groups in total. The zero-order valence-electron chi connectivity index (χ0n) is 13.2. The van der Waals surface area contributed by atoms with Gasteiger partial charge in [-0.05, 0) is 50.4 Å². The fraction of sp³-hybridized carbons (Fsp3) is 0.647. The van der Waals surface area contributed by atoms with Gasteiger partial charge in [0.05, 0.1) is 12.2 Å². The molecule has 0 aliphatic carbocycles. The predicted molar refractivity (Wildman–Crippen MR) is 93.0 cm³/mol. The first-order valence-corrected chi connectivity index (χ1v) is 8.93. The second kappa shape index (κ2) is 7.45. The van der Waals surface area contributed by atoms with Gasteiger partial charge in [-0.25, -0.2) is 0 Å². The molecular weight excluding hydrogens is 350 g/mol. The summed E-state index contributed by atoms with van der Waals surface area (Å²) in [5, 5.41) is 4.48. The molecule has 0 aromatic heterocycles. The van der Waals surface area contributed by atoms with Gasteiger partial charge in [-0.1, -0.05) is 47.4 Å². The molecule has 5 unspecified atom stereocenters. The number of nitrogens with one attached hydrogen (secondary N) is 1. The number of rotatable bonds is 5. The molecule has 0 bridgehead atoms. The van der Waals surface area contributed by atoms with Crippen LogP contribution in [0.5, 0.6) is 0 Å². The molecular formula is C17H25BrClNO. The standard InChI is InChI=1S/C17H25BrClNO/c1-5-20-16(17-10(2)11(3)21-12(17)4)8-13-6-7-14(18)9-15(13)19/h6-7,9-12,16-17,20H,5,8H2,1-4H3. The van der Waals surface area contributed by atoms with Gasteiger partial charge in [-0.2, -0.15) is 0 Å². The Hall–Kier alpha value is -0.0900. The first kappa shape index (κ1) is 17.3. The van der Waals surface area contributed by atoms with Gasteiger partial charge in [0.25, 0.3) is 0 Å². The summed E-state index contributed by atoms with van der Waals surface area (Å²) in [6.45, 7) is 9.79. The Labute approximate surface area is 141 Å². The van der Waals surface area contributed by atoms with Gasteiger partial charge in [0.2, 0.25) is 0 Å². The molecule has 1 aliphatic rings. The van der Waals surface area contributed by atoms with Crippen molar-refractivity contribution in [1.82, 2.24) is 5.32 Å². The van der Waals surface area contributed by atoms with Crippen molar-refractivity contribution in [2.45, 2.75) is 52.4 Å². The van der Waals surface area contributed by atoms with Gasteiger partial charge in [0.1, 0.15) is 0 Å². The van der Waals surface area contributed by atoms with Crippen molar-refractivity contribution >= 4 is 27.5 Å². The first-order chi connectivity index (χ1) is 9.93. The lowest BCUT2D eigenvalue weighted by molar-refractivity contribution is 0.0476. The second-order valence-corrected chi connectivity index (χ2v) is 7.41. The quantitative estimate of drug-likeness (QED) is 0.807. The Morgan fingerprint density at radius 2 is 2.00 bits per heavy atom. The lowest BCUT2D eigenvalue weighted by Crippen LogP contribution is -2.43. The molecule has 118 valence electrons. The van der Waals surface area contributed by atoms with Crippen LogP contribution in [0, 0.1) is 11.8 Å². The van der Waals surface area contributed by atoms with Gasteiger partial charge in [0.15, 0.2) is 0 Å². The third-order valence-electron chi connectivity index (χ3n) is 4.70. The van der Waals surface area contributed by atoms with Crippen LogP contribution in [0.1, 0.15) is 33.3 Å². The summed E-state index contributed by atoms with van der Waals surface area (Å²) in [5.74, 6) is 1.07. The third-order valence-corrected chi connectivity index (χ3v) is 5.55. The van der Waals surface area contributed by atoms with E-state index in [9.17, 15) is 0 Å². The number of hydrogen-bond acceptors (Lipinski definition) is 2. The molecule has 2 nitrogen and oxygen atoms in total. The zero-order chi connectivity index (χ0) is 15.6. The molecule has 1 aromatic carbocycles. The molecule has 1 aromatic rings. The van der Waals surface area contributed by atoms with Crippen molar-refractivity contribution < 1.29 is 4.74 Å². The number of ether oxygens (including phenoxy) is 1. The highest BCUT2D eigenvalue weighted by Crippen LogP contribution is 2.36. The normalized spacial score (nSPS) is 30.6. The predicted octanol–water partition coefficient (Wildman–Crippen LogP) is 4.68. The summed E-state index contributed by atoms with van der Waals surface area (Å²) in [6, 6.07) is 6.54. The molecule has 0 radical (unpaired) electrons. The molecule has 4 heteroatoms. The molecule has 0 spiro atoms. The number of halogens is 2. The van der Waals surface area contributed by atoms with Crippen molar-refractivity contribution in [3.63, 3.8) is 0 Å². The molecule has 1 heterocycles. The van der Waals surface area contributed by atoms with Crippen LogP contribution in [0.4, 0.5) is 0 Å². The van der Waals surface area contributed by atoms with Crippen molar-refractivity contribution in [2.24, 2.45) is 11.8 Å². The van der Waals surface area contributed by atoms with Gasteiger partial charge >= 0.3 is 0 Å². The largest absolute Gasteiger partial charge is 0.375 e. The SMILES string of the molecule is CCNC(Cc1ccc(Br)cc1Cl)C1C(C)OC(C)C1C. The van der Waals surface area contributed by atoms with E-state index in [0.717, 1.165) is 22.5 Å². The van der Waals surface area contributed by atoms with E-state index in [1.54, 1.807) is 0 Å². The fourth-order valence-corrected chi connectivity index (χ4v) is 4.27. The zero-order valence-corrected chi connectivity index (χ0v) is 15.5. The van der Waals surface area contributed by atoms with E-state index in [1.165, 1.54) is 5.56 Å². The Kier molecular flexibility index (Phi) is 6.13. The minimum atomic E-state index is 0.285. The van der Waals surface area contributed by atoms with E-state index in [1.807, 2.05) is 6.07 Å². The van der Waals surface area contributed by atoms with Crippen molar-refractivity contribution in [1.29, 1.82) is 0 Å². The van der Waals surface area contributed by atoms with Crippen molar-refractivity contribution in [2.75, 3.05) is 6.54 Å². The van der Waals surface area contributed by atoms with Crippen molar-refractivity contribution in [3.8, 4) is 0 Å². The molecule has 1 aliphatic heterocycles.